The fourth-order valence-electron chi connectivity index (χ4n) is 1.63. The number of benzene rings is 1. The van der Waals surface area contributed by atoms with Gasteiger partial charge in [-0.3, -0.25) is 0 Å². The first-order valence-electron chi connectivity index (χ1n) is 5.94. The van der Waals surface area contributed by atoms with Crippen molar-refractivity contribution in [3.05, 3.63) is 35.4 Å². The molecule has 0 saturated heterocycles. The lowest BCUT2D eigenvalue weighted by molar-refractivity contribution is 0.506. The van der Waals surface area contributed by atoms with Crippen LogP contribution in [0, 0.1) is 17.6 Å². The standard InChI is InChI=1S/C13H18F2O2S/c1-4-9(2)8-18(16,17)10(3)11-5-6-12(14)13(15)7-11/h5-7,9-10H,4,8H2,1-3H3. The fraction of sp³-hybridized carbons (Fsp3) is 0.538. The highest BCUT2D eigenvalue weighted by Gasteiger charge is 2.25. The summed E-state index contributed by atoms with van der Waals surface area (Å²) in [6.45, 7) is 5.28. The summed E-state index contributed by atoms with van der Waals surface area (Å²) in [5.41, 5.74) is 0.289. The van der Waals surface area contributed by atoms with Gasteiger partial charge in [-0.25, -0.2) is 17.2 Å². The third-order valence-corrected chi connectivity index (χ3v) is 5.55. The Bertz CT molecular complexity index is 512. The van der Waals surface area contributed by atoms with E-state index in [4.69, 9.17) is 0 Å². The van der Waals surface area contributed by atoms with Crippen molar-refractivity contribution >= 4 is 9.84 Å². The summed E-state index contributed by atoms with van der Waals surface area (Å²) in [7, 11) is -3.34. The minimum Gasteiger partial charge on any atom is -0.228 e. The molecule has 2 unspecified atom stereocenters. The van der Waals surface area contributed by atoms with Crippen molar-refractivity contribution in [2.75, 3.05) is 5.75 Å². The summed E-state index contributed by atoms with van der Waals surface area (Å²) in [4.78, 5) is 0. The summed E-state index contributed by atoms with van der Waals surface area (Å²) in [5, 5.41) is -0.818. The van der Waals surface area contributed by atoms with E-state index in [1.54, 1.807) is 0 Å². The fourth-order valence-corrected chi connectivity index (χ4v) is 3.51. The Morgan fingerprint density at radius 3 is 2.28 bits per heavy atom. The van der Waals surface area contributed by atoms with Crippen molar-refractivity contribution in [2.24, 2.45) is 5.92 Å². The first kappa shape index (κ1) is 15.1. The zero-order valence-electron chi connectivity index (χ0n) is 10.8. The van der Waals surface area contributed by atoms with Crippen molar-refractivity contribution in [3.8, 4) is 0 Å². The Morgan fingerprint density at radius 2 is 1.78 bits per heavy atom. The molecule has 0 N–H and O–H groups in total. The van der Waals surface area contributed by atoms with Gasteiger partial charge in [-0.15, -0.1) is 0 Å². The molecule has 0 spiro atoms. The Hall–Kier alpha value is -0.970. The maximum Gasteiger partial charge on any atom is 0.159 e. The molecule has 0 aliphatic heterocycles. The summed E-state index contributed by atoms with van der Waals surface area (Å²) in [5.74, 6) is -1.87. The Kier molecular flexibility index (Phi) is 4.85. The molecule has 102 valence electrons. The Morgan fingerprint density at radius 1 is 1.17 bits per heavy atom. The van der Waals surface area contributed by atoms with E-state index in [1.807, 2.05) is 13.8 Å². The molecule has 0 aliphatic rings. The highest BCUT2D eigenvalue weighted by Crippen LogP contribution is 2.25. The van der Waals surface area contributed by atoms with Crippen LogP contribution in [0.15, 0.2) is 18.2 Å². The van der Waals surface area contributed by atoms with E-state index in [1.165, 1.54) is 13.0 Å². The molecule has 18 heavy (non-hydrogen) atoms. The quantitative estimate of drug-likeness (QED) is 0.825. The Balaban J connectivity index is 2.98. The molecule has 1 aromatic carbocycles. The molecule has 2 nitrogen and oxygen atoms in total. The van der Waals surface area contributed by atoms with E-state index in [-0.39, 0.29) is 17.2 Å². The molecule has 0 heterocycles. The number of hydrogen-bond acceptors (Lipinski definition) is 2. The van der Waals surface area contributed by atoms with E-state index in [0.717, 1.165) is 18.6 Å². The second-order valence-electron chi connectivity index (χ2n) is 4.66. The molecule has 1 aromatic rings. The average Bonchev–Trinajstić information content (AvgIpc) is 2.31. The lowest BCUT2D eigenvalue weighted by atomic mass is 10.1. The topological polar surface area (TPSA) is 34.1 Å². The van der Waals surface area contributed by atoms with Crippen molar-refractivity contribution in [1.29, 1.82) is 0 Å². The van der Waals surface area contributed by atoms with Crippen LogP contribution in [0.3, 0.4) is 0 Å². The van der Waals surface area contributed by atoms with E-state index in [2.05, 4.69) is 0 Å². The van der Waals surface area contributed by atoms with Crippen LogP contribution >= 0.6 is 0 Å². The van der Waals surface area contributed by atoms with Crippen LogP contribution in [-0.4, -0.2) is 14.2 Å². The van der Waals surface area contributed by atoms with Gasteiger partial charge in [-0.05, 0) is 30.5 Å². The average molecular weight is 276 g/mol. The van der Waals surface area contributed by atoms with Gasteiger partial charge < -0.3 is 0 Å². The molecule has 0 fully saturated rings. The van der Waals surface area contributed by atoms with E-state index in [0.29, 0.717) is 0 Å². The van der Waals surface area contributed by atoms with Gasteiger partial charge in [0.1, 0.15) is 0 Å². The maximum atomic E-state index is 13.1. The van der Waals surface area contributed by atoms with Gasteiger partial charge in [0.2, 0.25) is 0 Å². The van der Waals surface area contributed by atoms with Gasteiger partial charge in [0.25, 0.3) is 0 Å². The molecule has 2 atom stereocenters. The predicted octanol–water partition coefficient (Wildman–Crippen LogP) is 3.49. The van der Waals surface area contributed by atoms with Crippen molar-refractivity contribution in [2.45, 2.75) is 32.4 Å². The number of rotatable bonds is 5. The zero-order valence-corrected chi connectivity index (χ0v) is 11.6. The normalized spacial score (nSPS) is 15.4. The summed E-state index contributed by atoms with van der Waals surface area (Å²) < 4.78 is 50.0. The molecule has 5 heteroatoms. The highest BCUT2D eigenvalue weighted by molar-refractivity contribution is 7.91. The molecule has 0 aromatic heterocycles. The molecular weight excluding hydrogens is 258 g/mol. The first-order chi connectivity index (χ1) is 8.27. The lowest BCUT2D eigenvalue weighted by Gasteiger charge is -2.16. The van der Waals surface area contributed by atoms with Gasteiger partial charge >= 0.3 is 0 Å². The Labute approximate surface area is 107 Å². The van der Waals surface area contributed by atoms with Crippen LogP contribution in [0.25, 0.3) is 0 Å². The van der Waals surface area contributed by atoms with Crippen molar-refractivity contribution < 1.29 is 17.2 Å². The predicted molar refractivity (Wildman–Crippen MR) is 68.0 cm³/mol. The minimum absolute atomic E-state index is 0.0581. The SMILES string of the molecule is CCC(C)CS(=O)(=O)C(C)c1ccc(F)c(F)c1. The molecule has 0 aliphatic carbocycles. The van der Waals surface area contributed by atoms with Crippen LogP contribution in [0.1, 0.15) is 38.0 Å². The van der Waals surface area contributed by atoms with Crippen LogP contribution in [0.4, 0.5) is 8.78 Å². The number of hydrogen-bond donors (Lipinski definition) is 0. The third kappa shape index (κ3) is 3.51. The van der Waals surface area contributed by atoms with Crippen LogP contribution < -0.4 is 0 Å². The van der Waals surface area contributed by atoms with E-state index < -0.39 is 26.7 Å². The first-order valence-corrected chi connectivity index (χ1v) is 7.66. The van der Waals surface area contributed by atoms with E-state index >= 15 is 0 Å². The summed E-state index contributed by atoms with van der Waals surface area (Å²) in [6, 6.07) is 3.23. The van der Waals surface area contributed by atoms with Gasteiger partial charge in [0.05, 0.1) is 11.0 Å². The second kappa shape index (κ2) is 5.78. The smallest absolute Gasteiger partial charge is 0.159 e. The van der Waals surface area contributed by atoms with Gasteiger partial charge in [-0.1, -0.05) is 26.3 Å². The lowest BCUT2D eigenvalue weighted by Crippen LogP contribution is -2.19. The van der Waals surface area contributed by atoms with Gasteiger partial charge in [0, 0.05) is 0 Å². The molecule has 0 bridgehead atoms. The summed E-state index contributed by atoms with van der Waals surface area (Å²) >= 11 is 0. The van der Waals surface area contributed by atoms with Crippen LogP contribution in [-0.2, 0) is 9.84 Å². The zero-order chi connectivity index (χ0) is 13.9. The molecule has 0 radical (unpaired) electrons. The number of halogens is 2. The van der Waals surface area contributed by atoms with Crippen molar-refractivity contribution in [3.63, 3.8) is 0 Å². The monoisotopic (exact) mass is 276 g/mol. The van der Waals surface area contributed by atoms with Gasteiger partial charge in [0.15, 0.2) is 21.5 Å². The second-order valence-corrected chi connectivity index (χ2v) is 7.02. The summed E-state index contributed by atoms with van der Waals surface area (Å²) in [6.07, 6.45) is 0.768. The maximum absolute atomic E-state index is 13.1. The third-order valence-electron chi connectivity index (χ3n) is 3.17. The highest BCUT2D eigenvalue weighted by atomic mass is 32.2. The molecule has 0 amide bonds. The molecule has 1 rings (SSSR count). The van der Waals surface area contributed by atoms with E-state index in [9.17, 15) is 17.2 Å². The number of sulfone groups is 1. The molecular formula is C13H18F2O2S. The molecule has 0 saturated carbocycles. The van der Waals surface area contributed by atoms with Crippen LogP contribution in [0.2, 0.25) is 0 Å². The van der Waals surface area contributed by atoms with Crippen LogP contribution in [0.5, 0.6) is 0 Å². The largest absolute Gasteiger partial charge is 0.228 e. The minimum atomic E-state index is -3.34. The van der Waals surface area contributed by atoms with Gasteiger partial charge in [-0.2, -0.15) is 0 Å². The van der Waals surface area contributed by atoms with Crippen molar-refractivity contribution in [1.82, 2.24) is 0 Å².